The van der Waals surface area contributed by atoms with Gasteiger partial charge in [-0.1, -0.05) is 0 Å². The van der Waals surface area contributed by atoms with Crippen LogP contribution in [0.5, 0.6) is 0 Å². The van der Waals surface area contributed by atoms with Crippen molar-refractivity contribution in [3.63, 3.8) is 0 Å². The number of carbonyl (C=O) groups excluding carboxylic acids is 1. The molecule has 0 atom stereocenters. The predicted molar refractivity (Wildman–Crippen MR) is 58.1 cm³/mol. The summed E-state index contributed by atoms with van der Waals surface area (Å²) in [6.45, 7) is 3.68. The molecule has 0 bridgehead atoms. The van der Waals surface area contributed by atoms with Crippen molar-refractivity contribution in [2.45, 2.75) is 13.8 Å². The highest BCUT2D eigenvalue weighted by molar-refractivity contribution is 7.13. The zero-order chi connectivity index (χ0) is 10.8. The number of aromatic nitrogens is 3. The molecule has 0 spiro atoms. The van der Waals surface area contributed by atoms with Crippen molar-refractivity contribution in [2.24, 2.45) is 0 Å². The Hall–Kier alpha value is -1.69. The highest BCUT2D eigenvalue weighted by Crippen LogP contribution is 2.15. The van der Waals surface area contributed by atoms with Crippen LogP contribution in [0.3, 0.4) is 0 Å². The van der Waals surface area contributed by atoms with Crippen LogP contribution in [-0.4, -0.2) is 20.9 Å². The first-order chi connectivity index (χ1) is 7.16. The number of rotatable bonds is 2. The molecule has 0 radical (unpaired) electrons. The van der Waals surface area contributed by atoms with E-state index in [4.69, 9.17) is 0 Å². The maximum Gasteiger partial charge on any atom is 0.277 e. The molecule has 6 heteroatoms. The lowest BCUT2D eigenvalue weighted by atomic mass is 10.3. The van der Waals surface area contributed by atoms with Gasteiger partial charge in [0.15, 0.2) is 5.13 Å². The summed E-state index contributed by atoms with van der Waals surface area (Å²) in [7, 11) is 0. The maximum absolute atomic E-state index is 11.7. The second-order valence-electron chi connectivity index (χ2n) is 3.12. The molecule has 2 heterocycles. The zero-order valence-corrected chi connectivity index (χ0v) is 9.18. The van der Waals surface area contributed by atoms with Gasteiger partial charge in [0.2, 0.25) is 0 Å². The van der Waals surface area contributed by atoms with Gasteiger partial charge in [0, 0.05) is 11.1 Å². The maximum atomic E-state index is 11.7. The second-order valence-corrected chi connectivity index (χ2v) is 3.98. The number of nitrogens with zero attached hydrogens (tertiary/aromatic N) is 2. The Labute approximate surface area is 90.6 Å². The Morgan fingerprint density at radius 2 is 2.33 bits per heavy atom. The first-order valence-electron chi connectivity index (χ1n) is 4.40. The van der Waals surface area contributed by atoms with Crippen LogP contribution >= 0.6 is 11.3 Å². The van der Waals surface area contributed by atoms with Crippen LogP contribution in [0.1, 0.15) is 21.9 Å². The third-order valence-corrected chi connectivity index (χ3v) is 2.76. The fraction of sp³-hybridized carbons (Fsp3) is 0.222. The van der Waals surface area contributed by atoms with Gasteiger partial charge < -0.3 is 4.98 Å². The molecule has 0 saturated carbocycles. The van der Waals surface area contributed by atoms with E-state index in [1.807, 2.05) is 12.3 Å². The lowest BCUT2D eigenvalue weighted by Crippen LogP contribution is -2.13. The van der Waals surface area contributed by atoms with Crippen molar-refractivity contribution in [3.05, 3.63) is 28.8 Å². The number of amides is 1. The van der Waals surface area contributed by atoms with Gasteiger partial charge in [0.1, 0.15) is 5.69 Å². The van der Waals surface area contributed by atoms with Gasteiger partial charge in [0.25, 0.3) is 5.91 Å². The van der Waals surface area contributed by atoms with Gasteiger partial charge in [-0.2, -0.15) is 0 Å². The summed E-state index contributed by atoms with van der Waals surface area (Å²) < 4.78 is 0. The zero-order valence-electron chi connectivity index (χ0n) is 8.37. The Kier molecular flexibility index (Phi) is 2.51. The van der Waals surface area contributed by atoms with Crippen molar-refractivity contribution in [1.82, 2.24) is 15.0 Å². The Morgan fingerprint density at radius 3 is 2.87 bits per heavy atom. The van der Waals surface area contributed by atoms with Gasteiger partial charge >= 0.3 is 0 Å². The van der Waals surface area contributed by atoms with Crippen LogP contribution in [0.4, 0.5) is 5.13 Å². The highest BCUT2D eigenvalue weighted by atomic mass is 32.1. The number of thiazole rings is 1. The van der Waals surface area contributed by atoms with Crippen LogP contribution in [0.25, 0.3) is 0 Å². The van der Waals surface area contributed by atoms with Crippen LogP contribution in [0, 0.1) is 13.8 Å². The molecule has 1 amide bonds. The lowest BCUT2D eigenvalue weighted by Gasteiger charge is -1.98. The number of anilines is 1. The summed E-state index contributed by atoms with van der Waals surface area (Å²) in [5, 5.41) is 5.17. The molecule has 2 aromatic heterocycles. The van der Waals surface area contributed by atoms with Gasteiger partial charge in [-0.15, -0.1) is 11.3 Å². The Morgan fingerprint density at radius 1 is 1.53 bits per heavy atom. The van der Waals surface area contributed by atoms with E-state index < -0.39 is 0 Å². The van der Waals surface area contributed by atoms with E-state index in [0.717, 1.165) is 11.4 Å². The number of aryl methyl sites for hydroxylation is 2. The van der Waals surface area contributed by atoms with E-state index >= 15 is 0 Å². The smallest absolute Gasteiger partial charge is 0.277 e. The number of nitrogens with one attached hydrogen (secondary N) is 2. The summed E-state index contributed by atoms with van der Waals surface area (Å²) in [4.78, 5) is 22.6. The quantitative estimate of drug-likeness (QED) is 0.813. The summed E-state index contributed by atoms with van der Waals surface area (Å²) in [6.07, 6.45) is 1.50. The van der Waals surface area contributed by atoms with Crippen molar-refractivity contribution in [3.8, 4) is 0 Å². The Balaban J connectivity index is 2.14. The first kappa shape index (κ1) is 9.85. The molecule has 2 aromatic rings. The average molecular weight is 222 g/mol. The molecule has 2 N–H and O–H groups in total. The molecule has 15 heavy (non-hydrogen) atoms. The van der Waals surface area contributed by atoms with Crippen molar-refractivity contribution >= 4 is 22.4 Å². The summed E-state index contributed by atoms with van der Waals surface area (Å²) >= 11 is 1.40. The predicted octanol–water partition coefficient (Wildman–Crippen LogP) is 1.74. The van der Waals surface area contributed by atoms with Gasteiger partial charge in [-0.05, 0) is 13.8 Å². The SMILES string of the molecule is Cc1csc(NC(=O)c2nc[nH]c2C)n1. The molecule has 0 unspecified atom stereocenters. The Bertz CT molecular complexity index is 488. The van der Waals surface area contributed by atoms with Crippen LogP contribution < -0.4 is 5.32 Å². The summed E-state index contributed by atoms with van der Waals surface area (Å²) in [5.41, 5.74) is 2.05. The molecule has 0 aliphatic rings. The fourth-order valence-corrected chi connectivity index (χ4v) is 1.84. The van der Waals surface area contributed by atoms with Crippen molar-refractivity contribution in [2.75, 3.05) is 5.32 Å². The topological polar surface area (TPSA) is 70.7 Å². The number of carbonyl (C=O) groups is 1. The molecule has 2 rings (SSSR count). The normalized spacial score (nSPS) is 10.3. The van der Waals surface area contributed by atoms with Crippen LogP contribution in [0.2, 0.25) is 0 Å². The molecule has 0 aromatic carbocycles. The molecule has 78 valence electrons. The standard InChI is InChI=1S/C9H10N4OS/c1-5-3-15-9(12-5)13-8(14)7-6(2)10-4-11-7/h3-4H,1-2H3,(H,10,11)(H,12,13,14). The minimum atomic E-state index is -0.233. The molecule has 0 saturated heterocycles. The van der Waals surface area contributed by atoms with Crippen LogP contribution in [-0.2, 0) is 0 Å². The number of H-pyrrole nitrogens is 1. The number of imidazole rings is 1. The monoisotopic (exact) mass is 222 g/mol. The largest absolute Gasteiger partial charge is 0.348 e. The van der Waals surface area contributed by atoms with Gasteiger partial charge in [-0.3, -0.25) is 10.1 Å². The third-order valence-electron chi connectivity index (χ3n) is 1.88. The van der Waals surface area contributed by atoms with Gasteiger partial charge in [0.05, 0.1) is 12.0 Å². The first-order valence-corrected chi connectivity index (χ1v) is 5.28. The van der Waals surface area contributed by atoms with E-state index in [-0.39, 0.29) is 5.91 Å². The van der Waals surface area contributed by atoms with E-state index in [1.54, 1.807) is 6.92 Å². The van der Waals surface area contributed by atoms with E-state index in [0.29, 0.717) is 10.8 Å². The minimum absolute atomic E-state index is 0.233. The van der Waals surface area contributed by atoms with Crippen molar-refractivity contribution in [1.29, 1.82) is 0 Å². The van der Waals surface area contributed by atoms with E-state index in [2.05, 4.69) is 20.3 Å². The molecule has 5 nitrogen and oxygen atoms in total. The molecule has 0 aliphatic carbocycles. The molecular formula is C9H10N4OS. The number of hydrogen-bond acceptors (Lipinski definition) is 4. The van der Waals surface area contributed by atoms with E-state index in [1.165, 1.54) is 17.7 Å². The summed E-state index contributed by atoms with van der Waals surface area (Å²) in [5.74, 6) is -0.233. The number of aromatic amines is 1. The van der Waals surface area contributed by atoms with Gasteiger partial charge in [-0.25, -0.2) is 9.97 Å². The summed E-state index contributed by atoms with van der Waals surface area (Å²) in [6, 6.07) is 0. The second kappa shape index (κ2) is 3.82. The lowest BCUT2D eigenvalue weighted by molar-refractivity contribution is 0.102. The average Bonchev–Trinajstić information content (AvgIpc) is 2.75. The minimum Gasteiger partial charge on any atom is -0.348 e. The molecule has 0 aliphatic heterocycles. The van der Waals surface area contributed by atoms with E-state index in [9.17, 15) is 4.79 Å². The van der Waals surface area contributed by atoms with Crippen LogP contribution in [0.15, 0.2) is 11.7 Å². The molecule has 0 fully saturated rings. The number of hydrogen-bond donors (Lipinski definition) is 2. The highest BCUT2D eigenvalue weighted by Gasteiger charge is 2.12. The molecular weight excluding hydrogens is 212 g/mol. The van der Waals surface area contributed by atoms with Crippen molar-refractivity contribution < 1.29 is 4.79 Å². The fourth-order valence-electron chi connectivity index (χ4n) is 1.16. The third kappa shape index (κ3) is 2.04.